The van der Waals surface area contributed by atoms with Crippen LogP contribution in [0.3, 0.4) is 0 Å². The molecular weight excluding hydrogens is 276 g/mol. The molecule has 10 nitrogen and oxygen atoms in total. The normalized spacial score (nSPS) is 10.4. The van der Waals surface area contributed by atoms with Gasteiger partial charge in [-0.05, 0) is 28.3 Å². The van der Waals surface area contributed by atoms with Gasteiger partial charge in [0.05, 0.1) is 20.8 Å². The average Bonchev–Trinajstić information content (AvgIpc) is 2.75. The maximum atomic E-state index is 10.9. The summed E-state index contributed by atoms with van der Waals surface area (Å²) in [6.07, 6.45) is 0. The van der Waals surface area contributed by atoms with Crippen LogP contribution in [-0.4, -0.2) is 30.1 Å². The third kappa shape index (κ3) is 2.65. The number of nitrogens with zero attached hydrogens (tertiary/aromatic N) is 6. The van der Waals surface area contributed by atoms with Crippen molar-refractivity contribution in [2.75, 3.05) is 0 Å². The Balaban J connectivity index is 2.43. The van der Waals surface area contributed by atoms with Crippen LogP contribution in [0.4, 0.5) is 11.4 Å². The first-order chi connectivity index (χ1) is 8.99. The molecule has 1 aromatic carbocycles. The van der Waals surface area contributed by atoms with Gasteiger partial charge in [-0.25, -0.2) is 4.68 Å². The van der Waals surface area contributed by atoms with E-state index in [9.17, 15) is 20.2 Å². The van der Waals surface area contributed by atoms with E-state index in [1.54, 1.807) is 7.05 Å². The minimum Gasteiger partial charge on any atom is -0.258 e. The van der Waals surface area contributed by atoms with Crippen molar-refractivity contribution < 1.29 is 9.85 Å². The van der Waals surface area contributed by atoms with E-state index in [1.165, 1.54) is 16.8 Å². The second-order valence-corrected chi connectivity index (χ2v) is 4.36. The van der Waals surface area contributed by atoms with Gasteiger partial charge < -0.3 is 0 Å². The topological polar surface area (TPSA) is 130 Å². The number of aryl methyl sites for hydroxylation is 1. The zero-order chi connectivity index (χ0) is 14.0. The van der Waals surface area contributed by atoms with Crippen LogP contribution in [0.1, 0.15) is 0 Å². The van der Waals surface area contributed by atoms with Crippen LogP contribution in [0.5, 0.6) is 0 Å². The predicted molar refractivity (Wildman–Crippen MR) is 62.7 cm³/mol. The lowest BCUT2D eigenvalue weighted by Crippen LogP contribution is -1.96. The van der Waals surface area contributed by atoms with Crippen molar-refractivity contribution in [3.8, 4) is 0 Å². The van der Waals surface area contributed by atoms with Crippen molar-refractivity contribution in [2.45, 2.75) is 10.1 Å². The molecule has 0 saturated heterocycles. The number of hydrogen-bond donors (Lipinski definition) is 0. The van der Waals surface area contributed by atoms with Crippen molar-refractivity contribution in [3.63, 3.8) is 0 Å². The third-order valence-corrected chi connectivity index (χ3v) is 3.23. The zero-order valence-corrected chi connectivity index (χ0v) is 10.3. The Bertz CT molecular complexity index is 656. The molecule has 0 atom stereocenters. The number of rotatable bonds is 4. The van der Waals surface area contributed by atoms with Gasteiger partial charge in [-0.3, -0.25) is 20.2 Å². The second-order valence-electron chi connectivity index (χ2n) is 3.35. The highest BCUT2D eigenvalue weighted by Crippen LogP contribution is 2.35. The molecule has 2 rings (SSSR count). The first kappa shape index (κ1) is 12.9. The lowest BCUT2D eigenvalue weighted by atomic mass is 10.3. The van der Waals surface area contributed by atoms with E-state index in [0.717, 1.165) is 17.8 Å². The summed E-state index contributed by atoms with van der Waals surface area (Å²) in [7, 11) is 1.58. The highest BCUT2D eigenvalue weighted by molar-refractivity contribution is 7.99. The van der Waals surface area contributed by atoms with Gasteiger partial charge in [-0.15, -0.1) is 5.10 Å². The Morgan fingerprint density at radius 2 is 2.00 bits per heavy atom. The van der Waals surface area contributed by atoms with Gasteiger partial charge in [0.25, 0.3) is 11.4 Å². The molecule has 0 radical (unpaired) electrons. The molecular formula is C8H6N6O4S. The summed E-state index contributed by atoms with van der Waals surface area (Å²) in [5.74, 6) is 0. The quantitative estimate of drug-likeness (QED) is 0.603. The molecule has 0 aliphatic heterocycles. The van der Waals surface area contributed by atoms with Crippen LogP contribution in [0.2, 0.25) is 0 Å². The summed E-state index contributed by atoms with van der Waals surface area (Å²) in [6.45, 7) is 0. The van der Waals surface area contributed by atoms with Gasteiger partial charge in [-0.1, -0.05) is 0 Å². The predicted octanol–water partition coefficient (Wildman–Crippen LogP) is 1.18. The van der Waals surface area contributed by atoms with Gasteiger partial charge in [0.1, 0.15) is 0 Å². The number of aromatic nitrogens is 4. The second kappa shape index (κ2) is 4.97. The summed E-state index contributed by atoms with van der Waals surface area (Å²) in [4.78, 5) is 20.4. The van der Waals surface area contributed by atoms with Gasteiger partial charge in [0, 0.05) is 13.1 Å². The molecule has 0 amide bonds. The number of nitro groups is 2. The Hall–Kier alpha value is -2.56. The van der Waals surface area contributed by atoms with E-state index < -0.39 is 9.85 Å². The van der Waals surface area contributed by atoms with E-state index in [2.05, 4.69) is 15.5 Å². The Kier molecular flexibility index (Phi) is 3.37. The Morgan fingerprint density at radius 1 is 1.26 bits per heavy atom. The van der Waals surface area contributed by atoms with Gasteiger partial charge in [0.15, 0.2) is 0 Å². The van der Waals surface area contributed by atoms with Crippen LogP contribution < -0.4 is 0 Å². The first-order valence-corrected chi connectivity index (χ1v) is 5.63. The van der Waals surface area contributed by atoms with Crippen molar-refractivity contribution >= 4 is 23.1 Å². The van der Waals surface area contributed by atoms with E-state index in [0.29, 0.717) is 5.16 Å². The van der Waals surface area contributed by atoms with Gasteiger partial charge in [-0.2, -0.15) is 0 Å². The fraction of sp³-hybridized carbons (Fsp3) is 0.125. The van der Waals surface area contributed by atoms with E-state index in [-0.39, 0.29) is 16.3 Å². The molecule has 0 aliphatic carbocycles. The van der Waals surface area contributed by atoms with Crippen LogP contribution >= 0.6 is 11.8 Å². The Labute approximate surface area is 109 Å². The summed E-state index contributed by atoms with van der Waals surface area (Å²) < 4.78 is 1.34. The standard InChI is InChI=1S/C8H6N6O4S/c1-12-8(9-10-11-12)19-7-3-2-5(13(15)16)4-6(7)14(17)18/h2-4H,1H3. The molecule has 11 heteroatoms. The smallest absolute Gasteiger partial charge is 0.258 e. The molecule has 0 spiro atoms. The van der Waals surface area contributed by atoms with Crippen LogP contribution in [-0.2, 0) is 7.05 Å². The molecule has 1 aromatic heterocycles. The number of hydrogen-bond acceptors (Lipinski definition) is 8. The minimum absolute atomic E-state index is 0.230. The molecule has 0 unspecified atom stereocenters. The fourth-order valence-corrected chi connectivity index (χ4v) is 2.07. The van der Waals surface area contributed by atoms with E-state index >= 15 is 0 Å². The molecule has 19 heavy (non-hydrogen) atoms. The van der Waals surface area contributed by atoms with E-state index in [4.69, 9.17) is 0 Å². The van der Waals surface area contributed by atoms with Crippen LogP contribution in [0.25, 0.3) is 0 Å². The molecule has 0 saturated carbocycles. The highest BCUT2D eigenvalue weighted by Gasteiger charge is 2.21. The molecule has 0 N–H and O–H groups in total. The van der Waals surface area contributed by atoms with Crippen molar-refractivity contribution in [1.82, 2.24) is 20.2 Å². The average molecular weight is 282 g/mol. The molecule has 0 aliphatic rings. The molecule has 98 valence electrons. The van der Waals surface area contributed by atoms with Gasteiger partial charge >= 0.3 is 0 Å². The molecule has 0 bridgehead atoms. The molecule has 0 fully saturated rings. The summed E-state index contributed by atoms with van der Waals surface area (Å²) in [6, 6.07) is 3.40. The van der Waals surface area contributed by atoms with Gasteiger partial charge in [0.2, 0.25) is 5.16 Å². The third-order valence-electron chi connectivity index (χ3n) is 2.13. The van der Waals surface area contributed by atoms with Crippen molar-refractivity contribution in [2.24, 2.45) is 7.05 Å². The monoisotopic (exact) mass is 282 g/mol. The lowest BCUT2D eigenvalue weighted by Gasteiger charge is -2.01. The largest absolute Gasteiger partial charge is 0.290 e. The number of non-ortho nitro benzene ring substituents is 1. The number of tetrazole rings is 1. The maximum Gasteiger partial charge on any atom is 0.290 e. The number of benzene rings is 1. The summed E-state index contributed by atoms with van der Waals surface area (Å²) in [5, 5.41) is 32.5. The summed E-state index contributed by atoms with van der Waals surface area (Å²) >= 11 is 0.959. The lowest BCUT2D eigenvalue weighted by molar-refractivity contribution is -0.396. The summed E-state index contributed by atoms with van der Waals surface area (Å²) in [5.41, 5.74) is -0.700. The molecule has 1 heterocycles. The van der Waals surface area contributed by atoms with Crippen LogP contribution in [0, 0.1) is 20.2 Å². The van der Waals surface area contributed by atoms with E-state index in [1.807, 2.05) is 0 Å². The highest BCUT2D eigenvalue weighted by atomic mass is 32.2. The SMILES string of the molecule is Cn1nnnc1Sc1ccc([N+](=O)[O-])cc1[N+](=O)[O-]. The maximum absolute atomic E-state index is 10.9. The van der Waals surface area contributed by atoms with Crippen molar-refractivity contribution in [3.05, 3.63) is 38.4 Å². The minimum atomic E-state index is -0.689. The Morgan fingerprint density at radius 3 is 2.53 bits per heavy atom. The molecule has 2 aromatic rings. The van der Waals surface area contributed by atoms with Crippen LogP contribution in [0.15, 0.2) is 28.3 Å². The first-order valence-electron chi connectivity index (χ1n) is 4.82. The number of nitro benzene ring substituents is 2. The van der Waals surface area contributed by atoms with Crippen molar-refractivity contribution in [1.29, 1.82) is 0 Å². The fourth-order valence-electron chi connectivity index (χ4n) is 1.25. The zero-order valence-electron chi connectivity index (χ0n) is 9.46.